The lowest BCUT2D eigenvalue weighted by molar-refractivity contribution is -0.135. The van der Waals surface area contributed by atoms with Crippen LogP contribution in [0, 0.1) is 29.1 Å². The van der Waals surface area contributed by atoms with Crippen LogP contribution in [0.25, 0.3) is 0 Å². The fraction of sp³-hybridized carbons (Fsp3) is 0.846. The van der Waals surface area contributed by atoms with Gasteiger partial charge in [-0.2, -0.15) is 5.26 Å². The fourth-order valence-electron chi connectivity index (χ4n) is 1.86. The van der Waals surface area contributed by atoms with Crippen LogP contribution in [0.1, 0.15) is 40.0 Å². The van der Waals surface area contributed by atoms with Crippen molar-refractivity contribution in [3.8, 4) is 6.07 Å². The Hall–Kier alpha value is -1.04. The molecule has 0 aromatic rings. The standard InChI is InChI=1S/C13H22N2O/c1-4-7-15(9-11-5-6-11)13(16)12(8-14)10(2)3/h10-12H,4-7,9H2,1-3H3. The van der Waals surface area contributed by atoms with E-state index in [0.717, 1.165) is 19.5 Å². The highest BCUT2D eigenvalue weighted by Crippen LogP contribution is 2.30. The van der Waals surface area contributed by atoms with Gasteiger partial charge in [-0.05, 0) is 31.1 Å². The van der Waals surface area contributed by atoms with Crippen LogP contribution in [-0.2, 0) is 4.79 Å². The SMILES string of the molecule is CCCN(CC1CC1)C(=O)C(C#N)C(C)C. The van der Waals surface area contributed by atoms with Crippen molar-refractivity contribution >= 4 is 5.91 Å². The molecule has 0 N–H and O–H groups in total. The lowest BCUT2D eigenvalue weighted by Crippen LogP contribution is -2.39. The Bertz CT molecular complexity index is 276. The molecule has 0 spiro atoms. The van der Waals surface area contributed by atoms with Gasteiger partial charge in [0.2, 0.25) is 5.91 Å². The average Bonchev–Trinajstić information content (AvgIpc) is 3.01. The van der Waals surface area contributed by atoms with E-state index in [4.69, 9.17) is 5.26 Å². The van der Waals surface area contributed by atoms with Crippen molar-refractivity contribution in [2.24, 2.45) is 17.8 Å². The third-order valence-corrected chi connectivity index (χ3v) is 3.05. The molecule has 1 fully saturated rings. The number of nitriles is 1. The lowest BCUT2D eigenvalue weighted by Gasteiger charge is -2.25. The Morgan fingerprint density at radius 1 is 1.50 bits per heavy atom. The van der Waals surface area contributed by atoms with E-state index in [1.165, 1.54) is 12.8 Å². The van der Waals surface area contributed by atoms with Gasteiger partial charge in [0.15, 0.2) is 0 Å². The van der Waals surface area contributed by atoms with E-state index in [9.17, 15) is 4.79 Å². The summed E-state index contributed by atoms with van der Waals surface area (Å²) in [5, 5.41) is 9.04. The molecular formula is C13H22N2O. The highest BCUT2D eigenvalue weighted by Gasteiger charge is 2.31. The van der Waals surface area contributed by atoms with Gasteiger partial charge in [-0.25, -0.2) is 0 Å². The number of rotatable bonds is 6. The average molecular weight is 222 g/mol. The van der Waals surface area contributed by atoms with Gasteiger partial charge in [-0.3, -0.25) is 4.79 Å². The van der Waals surface area contributed by atoms with Crippen molar-refractivity contribution in [1.82, 2.24) is 4.90 Å². The van der Waals surface area contributed by atoms with Gasteiger partial charge in [-0.1, -0.05) is 20.8 Å². The molecule has 0 radical (unpaired) electrons. The van der Waals surface area contributed by atoms with E-state index in [0.29, 0.717) is 5.92 Å². The maximum Gasteiger partial charge on any atom is 0.240 e. The molecule has 0 heterocycles. The third kappa shape index (κ3) is 3.52. The summed E-state index contributed by atoms with van der Waals surface area (Å²) >= 11 is 0. The highest BCUT2D eigenvalue weighted by molar-refractivity contribution is 5.81. The molecule has 1 amide bonds. The predicted molar refractivity (Wildman–Crippen MR) is 63.5 cm³/mol. The molecule has 1 rings (SSSR count). The van der Waals surface area contributed by atoms with E-state index in [-0.39, 0.29) is 11.8 Å². The predicted octanol–water partition coefficient (Wildman–Crippen LogP) is 2.43. The minimum atomic E-state index is -0.467. The molecule has 16 heavy (non-hydrogen) atoms. The van der Waals surface area contributed by atoms with E-state index in [1.807, 2.05) is 18.7 Å². The normalized spacial score (nSPS) is 16.9. The molecule has 0 bridgehead atoms. The van der Waals surface area contributed by atoms with Gasteiger partial charge in [0.1, 0.15) is 5.92 Å². The Balaban J connectivity index is 2.60. The second kappa shape index (κ2) is 5.89. The molecule has 90 valence electrons. The monoisotopic (exact) mass is 222 g/mol. The molecule has 1 aliphatic carbocycles. The summed E-state index contributed by atoms with van der Waals surface area (Å²) < 4.78 is 0. The van der Waals surface area contributed by atoms with E-state index in [1.54, 1.807) is 0 Å². The van der Waals surface area contributed by atoms with Crippen LogP contribution < -0.4 is 0 Å². The van der Waals surface area contributed by atoms with Crippen molar-refractivity contribution < 1.29 is 4.79 Å². The highest BCUT2D eigenvalue weighted by atomic mass is 16.2. The first-order valence-corrected chi connectivity index (χ1v) is 6.28. The van der Waals surface area contributed by atoms with Crippen LogP contribution in [0.15, 0.2) is 0 Å². The van der Waals surface area contributed by atoms with Crippen molar-refractivity contribution in [2.45, 2.75) is 40.0 Å². The van der Waals surface area contributed by atoms with Crippen LogP contribution in [-0.4, -0.2) is 23.9 Å². The van der Waals surface area contributed by atoms with Gasteiger partial charge in [0.05, 0.1) is 6.07 Å². The largest absolute Gasteiger partial charge is 0.341 e. The van der Waals surface area contributed by atoms with Gasteiger partial charge in [-0.15, -0.1) is 0 Å². The van der Waals surface area contributed by atoms with Crippen LogP contribution in [0.2, 0.25) is 0 Å². The number of carbonyl (C=O) groups is 1. The van der Waals surface area contributed by atoms with Crippen molar-refractivity contribution in [1.29, 1.82) is 5.26 Å². The van der Waals surface area contributed by atoms with E-state index in [2.05, 4.69) is 13.0 Å². The van der Waals surface area contributed by atoms with Gasteiger partial charge in [0, 0.05) is 13.1 Å². The minimum Gasteiger partial charge on any atom is -0.341 e. The maximum absolute atomic E-state index is 12.2. The molecule has 1 saturated carbocycles. The molecule has 1 unspecified atom stereocenters. The van der Waals surface area contributed by atoms with Gasteiger partial charge < -0.3 is 4.90 Å². The zero-order chi connectivity index (χ0) is 12.1. The van der Waals surface area contributed by atoms with E-state index < -0.39 is 5.92 Å². The second-order valence-corrected chi connectivity index (χ2v) is 5.08. The zero-order valence-corrected chi connectivity index (χ0v) is 10.6. The number of nitrogens with zero attached hydrogens (tertiary/aromatic N) is 2. The van der Waals surface area contributed by atoms with Crippen LogP contribution >= 0.6 is 0 Å². The Labute approximate surface area is 98.4 Å². The first-order valence-electron chi connectivity index (χ1n) is 6.28. The number of carbonyl (C=O) groups excluding carboxylic acids is 1. The Morgan fingerprint density at radius 3 is 2.50 bits per heavy atom. The molecule has 0 saturated heterocycles. The first-order chi connectivity index (χ1) is 7.60. The second-order valence-electron chi connectivity index (χ2n) is 5.08. The van der Waals surface area contributed by atoms with Crippen molar-refractivity contribution in [2.75, 3.05) is 13.1 Å². The summed E-state index contributed by atoms with van der Waals surface area (Å²) in [6.45, 7) is 7.60. The third-order valence-electron chi connectivity index (χ3n) is 3.05. The molecule has 1 atom stereocenters. The van der Waals surface area contributed by atoms with Crippen molar-refractivity contribution in [3.63, 3.8) is 0 Å². The summed E-state index contributed by atoms with van der Waals surface area (Å²) in [6.07, 6.45) is 3.45. The van der Waals surface area contributed by atoms with Crippen LogP contribution in [0.5, 0.6) is 0 Å². The summed E-state index contributed by atoms with van der Waals surface area (Å²) in [5.41, 5.74) is 0. The number of hydrogen-bond donors (Lipinski definition) is 0. The smallest absolute Gasteiger partial charge is 0.240 e. The number of amides is 1. The van der Waals surface area contributed by atoms with E-state index >= 15 is 0 Å². The summed E-state index contributed by atoms with van der Waals surface area (Å²) in [5.74, 6) is 0.370. The molecule has 3 heteroatoms. The molecule has 0 aromatic carbocycles. The summed E-state index contributed by atoms with van der Waals surface area (Å²) in [7, 11) is 0. The van der Waals surface area contributed by atoms with Crippen LogP contribution in [0.4, 0.5) is 0 Å². The van der Waals surface area contributed by atoms with Crippen LogP contribution in [0.3, 0.4) is 0 Å². The van der Waals surface area contributed by atoms with Gasteiger partial charge >= 0.3 is 0 Å². The summed E-state index contributed by atoms with van der Waals surface area (Å²) in [6, 6.07) is 2.14. The number of hydrogen-bond acceptors (Lipinski definition) is 2. The Morgan fingerprint density at radius 2 is 2.12 bits per heavy atom. The van der Waals surface area contributed by atoms with Gasteiger partial charge in [0.25, 0.3) is 0 Å². The molecule has 1 aliphatic rings. The molecule has 3 nitrogen and oxygen atoms in total. The lowest BCUT2D eigenvalue weighted by atomic mass is 9.96. The molecular weight excluding hydrogens is 200 g/mol. The topological polar surface area (TPSA) is 44.1 Å². The summed E-state index contributed by atoms with van der Waals surface area (Å²) in [4.78, 5) is 14.1. The molecule has 0 aromatic heterocycles. The zero-order valence-electron chi connectivity index (χ0n) is 10.6. The fourth-order valence-corrected chi connectivity index (χ4v) is 1.86. The molecule has 0 aliphatic heterocycles. The van der Waals surface area contributed by atoms with Crippen molar-refractivity contribution in [3.05, 3.63) is 0 Å². The first kappa shape index (κ1) is 13.0. The minimum absolute atomic E-state index is 0.0336. The Kier molecular flexibility index (Phi) is 4.79. The maximum atomic E-state index is 12.2. The quantitative estimate of drug-likeness (QED) is 0.692.